The summed E-state index contributed by atoms with van der Waals surface area (Å²) in [6, 6.07) is 14.3. The van der Waals surface area contributed by atoms with E-state index in [1.54, 1.807) is 56.5 Å². The minimum Gasteiger partial charge on any atom is -0.497 e. The van der Waals surface area contributed by atoms with Gasteiger partial charge in [-0.2, -0.15) is 10.2 Å². The van der Waals surface area contributed by atoms with Gasteiger partial charge >= 0.3 is 0 Å². The lowest BCUT2D eigenvalue weighted by molar-refractivity contribution is -0.128. The van der Waals surface area contributed by atoms with Crippen molar-refractivity contribution in [3.63, 3.8) is 0 Å². The van der Waals surface area contributed by atoms with Crippen molar-refractivity contribution in [2.24, 2.45) is 5.92 Å². The van der Waals surface area contributed by atoms with Crippen LogP contribution < -0.4 is 25.0 Å². The molecule has 1 aromatic heterocycles. The van der Waals surface area contributed by atoms with Crippen LogP contribution >= 0.6 is 0 Å². The zero-order chi connectivity index (χ0) is 31.9. The van der Waals surface area contributed by atoms with Crippen LogP contribution in [0.3, 0.4) is 0 Å². The molecule has 0 aliphatic carbocycles. The lowest BCUT2D eigenvalue weighted by Gasteiger charge is -2.20. The standard InChI is InChI=1S/C31H36N6O7/c1-31(2,40)18-44-36-29(39)26-28(33-3)34-27(21-8-6-7-19(11-21)14-32)35-30(26)43-17-20-12-25(38)37(15-20)16-22-9-10-23(41-4)13-24(22)42-5/h6-11,13,20,40H,12,15-18H2,1-5H3,(H,36,39)(H,33,34,35). The highest BCUT2D eigenvalue weighted by Crippen LogP contribution is 2.31. The van der Waals surface area contributed by atoms with Gasteiger partial charge in [0.05, 0.1) is 38.1 Å². The Morgan fingerprint density at radius 3 is 2.66 bits per heavy atom. The van der Waals surface area contributed by atoms with Gasteiger partial charge in [-0.05, 0) is 38.1 Å². The van der Waals surface area contributed by atoms with Gasteiger partial charge in [-0.1, -0.05) is 12.1 Å². The van der Waals surface area contributed by atoms with Gasteiger partial charge in [0.25, 0.3) is 5.91 Å². The Kier molecular flexibility index (Phi) is 10.2. The molecule has 13 heteroatoms. The highest BCUT2D eigenvalue weighted by atomic mass is 16.7. The number of carbonyl (C=O) groups excluding carboxylic acids is 2. The van der Waals surface area contributed by atoms with Crippen molar-refractivity contribution >= 4 is 17.6 Å². The number of likely N-dealkylation sites (tertiary alicyclic amines) is 1. The Balaban J connectivity index is 1.57. The molecule has 0 radical (unpaired) electrons. The Morgan fingerprint density at radius 1 is 1.18 bits per heavy atom. The van der Waals surface area contributed by atoms with Gasteiger partial charge < -0.3 is 29.5 Å². The van der Waals surface area contributed by atoms with Gasteiger partial charge in [-0.3, -0.25) is 14.4 Å². The normalized spacial score (nSPS) is 14.6. The van der Waals surface area contributed by atoms with Crippen molar-refractivity contribution in [1.82, 2.24) is 20.3 Å². The number of anilines is 1. The molecular formula is C31H36N6O7. The molecule has 2 amide bonds. The summed E-state index contributed by atoms with van der Waals surface area (Å²) in [5.41, 5.74) is 2.91. The molecule has 232 valence electrons. The number of amides is 2. The lowest BCUT2D eigenvalue weighted by Crippen LogP contribution is -2.34. The van der Waals surface area contributed by atoms with Crippen LogP contribution in [-0.2, 0) is 16.2 Å². The van der Waals surface area contributed by atoms with Crippen molar-refractivity contribution in [3.05, 3.63) is 59.2 Å². The minimum atomic E-state index is -1.18. The molecule has 1 atom stereocenters. The second-order valence-corrected chi connectivity index (χ2v) is 10.9. The molecule has 0 bridgehead atoms. The van der Waals surface area contributed by atoms with Crippen molar-refractivity contribution in [2.75, 3.05) is 46.3 Å². The van der Waals surface area contributed by atoms with Gasteiger partial charge in [0, 0.05) is 49.7 Å². The van der Waals surface area contributed by atoms with Crippen molar-refractivity contribution in [1.29, 1.82) is 5.26 Å². The summed E-state index contributed by atoms with van der Waals surface area (Å²) in [4.78, 5) is 42.2. The molecule has 1 aliphatic rings. The second-order valence-electron chi connectivity index (χ2n) is 10.9. The van der Waals surface area contributed by atoms with Crippen LogP contribution in [0, 0.1) is 17.2 Å². The van der Waals surface area contributed by atoms with Crippen LogP contribution in [0.1, 0.15) is 41.8 Å². The van der Waals surface area contributed by atoms with E-state index in [0.717, 1.165) is 5.56 Å². The van der Waals surface area contributed by atoms with Crippen molar-refractivity contribution in [2.45, 2.75) is 32.4 Å². The zero-order valence-electron chi connectivity index (χ0n) is 25.3. The smallest absolute Gasteiger partial charge is 0.284 e. The van der Waals surface area contributed by atoms with Crippen LogP contribution in [0.5, 0.6) is 17.4 Å². The Labute approximate surface area is 255 Å². The summed E-state index contributed by atoms with van der Waals surface area (Å²) < 4.78 is 16.9. The molecule has 13 nitrogen and oxygen atoms in total. The summed E-state index contributed by atoms with van der Waals surface area (Å²) in [7, 11) is 4.73. The van der Waals surface area contributed by atoms with Crippen molar-refractivity contribution < 1.29 is 33.7 Å². The molecule has 1 aliphatic heterocycles. The molecule has 0 saturated carbocycles. The Morgan fingerprint density at radius 2 is 1.98 bits per heavy atom. The highest BCUT2D eigenvalue weighted by Gasteiger charge is 2.32. The number of aromatic nitrogens is 2. The van der Waals surface area contributed by atoms with Gasteiger partial charge in [-0.25, -0.2) is 10.5 Å². The molecule has 3 aromatic rings. The molecule has 1 unspecified atom stereocenters. The van der Waals surface area contributed by atoms with E-state index in [-0.39, 0.29) is 54.5 Å². The largest absolute Gasteiger partial charge is 0.497 e. The number of aliphatic hydroxyl groups is 1. The summed E-state index contributed by atoms with van der Waals surface area (Å²) in [5, 5.41) is 22.2. The van der Waals surface area contributed by atoms with Gasteiger partial charge in [0.1, 0.15) is 29.5 Å². The fraction of sp³-hybridized carbons (Fsp3) is 0.387. The summed E-state index contributed by atoms with van der Waals surface area (Å²) in [6.07, 6.45) is 0.246. The Hall–Kier alpha value is -4.93. The number of rotatable bonds is 13. The number of nitrogens with one attached hydrogen (secondary N) is 2. The fourth-order valence-electron chi connectivity index (χ4n) is 4.62. The maximum Gasteiger partial charge on any atom is 0.284 e. The molecule has 4 rings (SSSR count). The maximum absolute atomic E-state index is 13.2. The summed E-state index contributed by atoms with van der Waals surface area (Å²) in [5.74, 6) is 0.705. The number of methoxy groups -OCH3 is 2. The number of nitrogens with zero attached hydrogens (tertiary/aromatic N) is 4. The SMILES string of the molecule is CNc1nc(-c2cccc(C#N)c2)nc(OCC2CC(=O)N(Cc3ccc(OC)cc3OC)C2)c1C(=O)NOCC(C)(C)O. The molecule has 44 heavy (non-hydrogen) atoms. The first kappa shape index (κ1) is 32.0. The monoisotopic (exact) mass is 604 g/mol. The average Bonchev–Trinajstić information content (AvgIpc) is 3.37. The van der Waals surface area contributed by atoms with Crippen LogP contribution in [0.25, 0.3) is 11.4 Å². The first-order valence-electron chi connectivity index (χ1n) is 13.9. The van der Waals surface area contributed by atoms with Gasteiger partial charge in [-0.15, -0.1) is 0 Å². The van der Waals surface area contributed by atoms with E-state index in [1.165, 1.54) is 13.8 Å². The predicted octanol–water partition coefficient (Wildman–Crippen LogP) is 2.93. The first-order valence-corrected chi connectivity index (χ1v) is 13.9. The first-order chi connectivity index (χ1) is 21.0. The van der Waals surface area contributed by atoms with Gasteiger partial charge in [0.15, 0.2) is 5.82 Å². The maximum atomic E-state index is 13.2. The highest BCUT2D eigenvalue weighted by molar-refractivity contribution is 6.00. The van der Waals surface area contributed by atoms with Crippen LogP contribution in [-0.4, -0.2) is 78.4 Å². The third-order valence-corrected chi connectivity index (χ3v) is 6.79. The van der Waals surface area contributed by atoms with E-state index in [1.807, 2.05) is 12.1 Å². The van der Waals surface area contributed by atoms with E-state index in [0.29, 0.717) is 35.7 Å². The third-order valence-electron chi connectivity index (χ3n) is 6.79. The van der Waals surface area contributed by atoms with E-state index in [9.17, 15) is 20.0 Å². The van der Waals surface area contributed by atoms with Crippen LogP contribution in [0.15, 0.2) is 42.5 Å². The average molecular weight is 605 g/mol. The number of carbonyl (C=O) groups is 2. The molecule has 2 aromatic carbocycles. The molecule has 0 spiro atoms. The second kappa shape index (κ2) is 14.0. The lowest BCUT2D eigenvalue weighted by atomic mass is 10.1. The quantitative estimate of drug-likeness (QED) is 0.245. The molecule has 3 N–H and O–H groups in total. The topological polar surface area (TPSA) is 168 Å². The van der Waals surface area contributed by atoms with E-state index < -0.39 is 11.5 Å². The summed E-state index contributed by atoms with van der Waals surface area (Å²) in [6.45, 7) is 3.78. The van der Waals surface area contributed by atoms with Crippen LogP contribution in [0.4, 0.5) is 5.82 Å². The predicted molar refractivity (Wildman–Crippen MR) is 160 cm³/mol. The number of hydrogen-bond acceptors (Lipinski definition) is 11. The molecule has 1 fully saturated rings. The number of hydroxylamine groups is 1. The van der Waals surface area contributed by atoms with E-state index in [4.69, 9.17) is 19.0 Å². The van der Waals surface area contributed by atoms with Crippen molar-refractivity contribution in [3.8, 4) is 34.8 Å². The van der Waals surface area contributed by atoms with Gasteiger partial charge in [0.2, 0.25) is 11.8 Å². The number of hydrogen-bond donors (Lipinski definition) is 3. The molecule has 2 heterocycles. The molecule has 1 saturated heterocycles. The third kappa shape index (κ3) is 7.91. The van der Waals surface area contributed by atoms with E-state index >= 15 is 0 Å². The molecular weight excluding hydrogens is 568 g/mol. The number of nitriles is 1. The van der Waals surface area contributed by atoms with Crippen LogP contribution in [0.2, 0.25) is 0 Å². The number of benzene rings is 2. The number of ether oxygens (including phenoxy) is 3. The minimum absolute atomic E-state index is 0.0208. The summed E-state index contributed by atoms with van der Waals surface area (Å²) >= 11 is 0. The zero-order valence-corrected chi connectivity index (χ0v) is 25.3. The fourth-order valence-corrected chi connectivity index (χ4v) is 4.62. The Bertz CT molecular complexity index is 1550. The van der Waals surface area contributed by atoms with E-state index in [2.05, 4.69) is 26.8 Å².